The van der Waals surface area contributed by atoms with Gasteiger partial charge in [-0.25, -0.2) is 4.79 Å². The number of methoxy groups -OCH3 is 1. The number of rotatable bonds is 7. The minimum Gasteiger partial charge on any atom is -0.493 e. The summed E-state index contributed by atoms with van der Waals surface area (Å²) in [7, 11) is 1.54. The maximum absolute atomic E-state index is 12.5. The van der Waals surface area contributed by atoms with Crippen molar-refractivity contribution in [1.82, 2.24) is 0 Å². The summed E-state index contributed by atoms with van der Waals surface area (Å²) >= 11 is 5.88. The Morgan fingerprint density at radius 1 is 1.17 bits per heavy atom. The van der Waals surface area contributed by atoms with E-state index in [1.165, 1.54) is 7.11 Å². The van der Waals surface area contributed by atoms with Gasteiger partial charge in [-0.3, -0.25) is 0 Å². The minimum absolute atomic E-state index is 0.0304. The van der Waals surface area contributed by atoms with E-state index in [4.69, 9.17) is 36.3 Å². The van der Waals surface area contributed by atoms with Gasteiger partial charge >= 0.3 is 5.97 Å². The maximum atomic E-state index is 12.5. The molecule has 0 saturated carbocycles. The monoisotopic (exact) mass is 488 g/mol. The Morgan fingerprint density at radius 2 is 1.94 bits per heavy atom. The fourth-order valence-electron chi connectivity index (χ4n) is 3.73. The number of hydrogen-bond acceptors (Lipinski definition) is 7. The number of nitrogens with zero attached hydrogens (tertiary/aromatic N) is 1. The Hall–Kier alpha value is -4.41. The molecule has 35 heavy (non-hydrogen) atoms. The van der Waals surface area contributed by atoms with Crippen molar-refractivity contribution >= 4 is 17.6 Å². The smallest absolute Gasteiger partial charge is 0.343 e. The molecule has 0 amide bonds. The van der Waals surface area contributed by atoms with Crippen molar-refractivity contribution in [2.45, 2.75) is 5.92 Å². The van der Waals surface area contributed by atoms with Crippen molar-refractivity contribution < 1.29 is 23.7 Å². The molecule has 2 N–H and O–H groups in total. The molecule has 4 rings (SSSR count). The zero-order valence-electron chi connectivity index (χ0n) is 18.8. The summed E-state index contributed by atoms with van der Waals surface area (Å²) in [6.45, 7) is 3.97. The summed E-state index contributed by atoms with van der Waals surface area (Å²) < 4.78 is 22.3. The third-order valence-corrected chi connectivity index (χ3v) is 5.61. The molecule has 8 heteroatoms. The number of carbonyl (C=O) groups is 1. The molecule has 3 aromatic rings. The van der Waals surface area contributed by atoms with Crippen molar-refractivity contribution in [2.24, 2.45) is 5.73 Å². The standard InChI is InChI=1S/C27H21ClN2O5/c1-3-12-33-22-11-6-17(13-24(22)32-2)25-20-10-9-19(14-23(20)35-26(30)21(25)15-29)34-27(31)16-4-7-18(28)8-5-16/h3-11,13-14,25H,1,12,30H2,2H3. The van der Waals surface area contributed by atoms with Gasteiger partial charge in [0.05, 0.1) is 18.6 Å². The van der Waals surface area contributed by atoms with Crippen molar-refractivity contribution in [1.29, 1.82) is 5.26 Å². The second kappa shape index (κ2) is 10.2. The Labute approximate surface area is 207 Å². The van der Waals surface area contributed by atoms with Gasteiger partial charge in [0.25, 0.3) is 0 Å². The molecule has 0 aliphatic carbocycles. The van der Waals surface area contributed by atoms with Gasteiger partial charge in [-0.1, -0.05) is 36.4 Å². The molecule has 7 nitrogen and oxygen atoms in total. The van der Waals surface area contributed by atoms with Crippen LogP contribution in [0.25, 0.3) is 0 Å². The van der Waals surface area contributed by atoms with Crippen LogP contribution in [0.5, 0.6) is 23.0 Å². The van der Waals surface area contributed by atoms with Crippen LogP contribution >= 0.6 is 11.6 Å². The molecule has 0 spiro atoms. The van der Waals surface area contributed by atoms with Gasteiger partial charge in [0.15, 0.2) is 11.5 Å². The van der Waals surface area contributed by atoms with Crippen LogP contribution in [0, 0.1) is 11.3 Å². The fourth-order valence-corrected chi connectivity index (χ4v) is 3.85. The largest absolute Gasteiger partial charge is 0.493 e. The van der Waals surface area contributed by atoms with E-state index in [-0.39, 0.29) is 17.2 Å². The van der Waals surface area contributed by atoms with E-state index in [0.29, 0.717) is 40.0 Å². The van der Waals surface area contributed by atoms with E-state index < -0.39 is 11.9 Å². The summed E-state index contributed by atoms with van der Waals surface area (Å²) in [6.07, 6.45) is 1.64. The lowest BCUT2D eigenvalue weighted by molar-refractivity contribution is 0.0734. The Kier molecular flexibility index (Phi) is 6.95. The number of allylic oxidation sites excluding steroid dienone is 1. The highest BCUT2D eigenvalue weighted by molar-refractivity contribution is 6.30. The quantitative estimate of drug-likeness (QED) is 0.271. The average Bonchev–Trinajstić information content (AvgIpc) is 2.86. The number of hydrogen-bond donors (Lipinski definition) is 1. The van der Waals surface area contributed by atoms with E-state index >= 15 is 0 Å². The van der Waals surface area contributed by atoms with Gasteiger partial charge in [0.2, 0.25) is 5.88 Å². The molecular formula is C27H21ClN2O5. The Balaban J connectivity index is 1.69. The molecule has 0 aromatic heterocycles. The highest BCUT2D eigenvalue weighted by atomic mass is 35.5. The lowest BCUT2D eigenvalue weighted by Gasteiger charge is -2.27. The molecule has 3 aromatic carbocycles. The second-order valence-electron chi connectivity index (χ2n) is 7.53. The number of fused-ring (bicyclic) bond motifs is 1. The van der Waals surface area contributed by atoms with Crippen molar-refractivity contribution in [3.05, 3.63) is 106 Å². The lowest BCUT2D eigenvalue weighted by atomic mass is 9.83. The normalized spacial score (nSPS) is 14.3. The molecule has 1 unspecified atom stereocenters. The van der Waals surface area contributed by atoms with E-state index in [0.717, 1.165) is 5.56 Å². The van der Waals surface area contributed by atoms with E-state index in [1.807, 2.05) is 6.07 Å². The number of esters is 1. The Morgan fingerprint density at radius 3 is 2.63 bits per heavy atom. The van der Waals surface area contributed by atoms with Crippen LogP contribution in [-0.2, 0) is 0 Å². The first-order valence-corrected chi connectivity index (χ1v) is 10.9. The molecule has 176 valence electrons. The molecule has 1 aliphatic rings. The SMILES string of the molecule is C=CCOc1ccc(C2C(C#N)=C(N)Oc3cc(OC(=O)c4ccc(Cl)cc4)ccc32)cc1OC. The molecule has 0 fully saturated rings. The summed E-state index contributed by atoms with van der Waals surface area (Å²) in [6, 6.07) is 18.8. The first-order chi connectivity index (χ1) is 16.9. The molecule has 0 saturated heterocycles. The highest BCUT2D eigenvalue weighted by Crippen LogP contribution is 2.45. The number of nitrogens with two attached hydrogens (primary N) is 1. The summed E-state index contributed by atoms with van der Waals surface area (Å²) in [5.74, 6) is 0.588. The third kappa shape index (κ3) is 4.93. The Bertz CT molecular complexity index is 1360. The summed E-state index contributed by atoms with van der Waals surface area (Å²) in [5.41, 5.74) is 8.14. The summed E-state index contributed by atoms with van der Waals surface area (Å²) in [5, 5.41) is 10.3. The van der Waals surface area contributed by atoms with Crippen molar-refractivity contribution in [3.63, 3.8) is 0 Å². The molecule has 1 heterocycles. The van der Waals surface area contributed by atoms with Crippen LogP contribution in [0.1, 0.15) is 27.4 Å². The number of benzene rings is 3. The number of nitriles is 1. The first kappa shape index (κ1) is 23.7. The number of carbonyl (C=O) groups excluding carboxylic acids is 1. The van der Waals surface area contributed by atoms with Gasteiger partial charge in [-0.2, -0.15) is 5.26 Å². The van der Waals surface area contributed by atoms with Gasteiger partial charge in [-0.15, -0.1) is 0 Å². The van der Waals surface area contributed by atoms with Gasteiger partial charge < -0.3 is 24.7 Å². The zero-order valence-corrected chi connectivity index (χ0v) is 19.5. The predicted molar refractivity (Wildman–Crippen MR) is 131 cm³/mol. The third-order valence-electron chi connectivity index (χ3n) is 5.36. The highest BCUT2D eigenvalue weighted by Gasteiger charge is 2.31. The summed E-state index contributed by atoms with van der Waals surface area (Å²) in [4.78, 5) is 12.5. The minimum atomic E-state index is -0.546. The van der Waals surface area contributed by atoms with Gasteiger partial charge in [0.1, 0.15) is 29.7 Å². The topological polar surface area (TPSA) is 104 Å². The van der Waals surface area contributed by atoms with Crippen molar-refractivity contribution in [2.75, 3.05) is 13.7 Å². The lowest BCUT2D eigenvalue weighted by Crippen LogP contribution is -2.21. The number of ether oxygens (including phenoxy) is 4. The molecule has 1 aliphatic heterocycles. The van der Waals surface area contributed by atoms with Crippen LogP contribution in [0.2, 0.25) is 5.02 Å². The van der Waals surface area contributed by atoms with Crippen molar-refractivity contribution in [3.8, 4) is 29.1 Å². The van der Waals surface area contributed by atoms with Gasteiger partial charge in [0, 0.05) is 16.7 Å². The first-order valence-electron chi connectivity index (χ1n) is 10.6. The van der Waals surface area contributed by atoms with Crippen LogP contribution < -0.4 is 24.7 Å². The molecule has 0 bridgehead atoms. The van der Waals surface area contributed by atoms with Gasteiger partial charge in [-0.05, 0) is 48.0 Å². The number of halogens is 1. The fraction of sp³-hybridized carbons (Fsp3) is 0.111. The van der Waals surface area contributed by atoms with Crippen LogP contribution in [-0.4, -0.2) is 19.7 Å². The average molecular weight is 489 g/mol. The second-order valence-corrected chi connectivity index (χ2v) is 7.97. The predicted octanol–water partition coefficient (Wildman–Crippen LogP) is 5.35. The van der Waals surface area contributed by atoms with E-state index in [9.17, 15) is 10.1 Å². The van der Waals surface area contributed by atoms with Crippen LogP contribution in [0.4, 0.5) is 0 Å². The molecular weight excluding hydrogens is 468 g/mol. The van der Waals surface area contributed by atoms with E-state index in [1.54, 1.807) is 60.7 Å². The van der Waals surface area contributed by atoms with Crippen LogP contribution in [0.15, 0.2) is 84.8 Å². The zero-order chi connectivity index (χ0) is 24.9. The van der Waals surface area contributed by atoms with E-state index in [2.05, 4.69) is 12.6 Å². The molecule has 1 atom stereocenters. The maximum Gasteiger partial charge on any atom is 0.343 e. The van der Waals surface area contributed by atoms with Crippen LogP contribution in [0.3, 0.4) is 0 Å². The molecule has 0 radical (unpaired) electrons.